The average Bonchev–Trinajstić information content (AvgIpc) is 2.63. The van der Waals surface area contributed by atoms with Gasteiger partial charge in [-0.3, -0.25) is 4.79 Å². The summed E-state index contributed by atoms with van der Waals surface area (Å²) in [6.45, 7) is 4.55. The van der Waals surface area contributed by atoms with Gasteiger partial charge in [-0.15, -0.1) is 11.3 Å². The van der Waals surface area contributed by atoms with Gasteiger partial charge >= 0.3 is 0 Å². The van der Waals surface area contributed by atoms with Gasteiger partial charge in [0.05, 0.1) is 13.2 Å². The third kappa shape index (κ3) is 3.32. The summed E-state index contributed by atoms with van der Waals surface area (Å²) in [7, 11) is 1.66. The summed E-state index contributed by atoms with van der Waals surface area (Å²) < 4.78 is 4.99. The Morgan fingerprint density at radius 2 is 2.57 bits per heavy atom. The molecule has 1 heterocycles. The molecule has 0 saturated carbocycles. The number of ether oxygens (including phenoxy) is 1. The zero-order valence-electron chi connectivity index (χ0n) is 8.08. The van der Waals surface area contributed by atoms with Crippen molar-refractivity contribution in [2.24, 2.45) is 0 Å². The van der Waals surface area contributed by atoms with Gasteiger partial charge in [0.2, 0.25) is 5.91 Å². The predicted molar refractivity (Wildman–Crippen MR) is 57.1 cm³/mol. The molecule has 14 heavy (non-hydrogen) atoms. The molecule has 0 aliphatic rings. The van der Waals surface area contributed by atoms with Crippen molar-refractivity contribution in [3.8, 4) is 0 Å². The normalized spacial score (nSPS) is 9.79. The molecule has 1 aromatic rings. The molecule has 1 N–H and O–H groups in total. The number of thiophene rings is 1. The Hall–Kier alpha value is -1.13. The highest BCUT2D eigenvalue weighted by atomic mass is 32.1. The maximum Gasteiger partial charge on any atom is 0.243 e. The molecular weight excluding hydrogens is 198 g/mol. The fourth-order valence-electron chi connectivity index (χ4n) is 1.01. The highest BCUT2D eigenvalue weighted by Crippen LogP contribution is 2.14. The number of hydrogen-bond donors (Lipinski definition) is 1. The number of carbonyl (C=O) groups is 1. The minimum Gasteiger partial charge on any atom is -0.380 e. The maximum atomic E-state index is 10.9. The number of methoxy groups -OCH3 is 1. The number of rotatable bonds is 5. The van der Waals surface area contributed by atoms with Crippen molar-refractivity contribution in [3.63, 3.8) is 0 Å². The van der Waals surface area contributed by atoms with E-state index in [1.54, 1.807) is 18.4 Å². The lowest BCUT2D eigenvalue weighted by Crippen LogP contribution is -2.19. The van der Waals surface area contributed by atoms with Crippen LogP contribution in [0.5, 0.6) is 0 Å². The molecule has 0 bridgehead atoms. The van der Waals surface area contributed by atoms with Gasteiger partial charge in [0.1, 0.15) is 0 Å². The second kappa shape index (κ2) is 5.57. The zero-order chi connectivity index (χ0) is 10.4. The van der Waals surface area contributed by atoms with E-state index < -0.39 is 0 Å². The van der Waals surface area contributed by atoms with E-state index in [9.17, 15) is 4.79 Å². The molecule has 1 rings (SSSR count). The molecule has 0 aliphatic heterocycles. The van der Waals surface area contributed by atoms with Gasteiger partial charge in [0.25, 0.3) is 0 Å². The van der Waals surface area contributed by atoms with Crippen LogP contribution < -0.4 is 5.32 Å². The molecule has 76 valence electrons. The Morgan fingerprint density at radius 3 is 3.21 bits per heavy atom. The largest absolute Gasteiger partial charge is 0.380 e. The summed E-state index contributed by atoms with van der Waals surface area (Å²) in [6.07, 6.45) is 1.27. The smallest absolute Gasteiger partial charge is 0.243 e. The third-order valence-corrected chi connectivity index (χ3v) is 2.63. The maximum absolute atomic E-state index is 10.9. The molecule has 1 aromatic heterocycles. The molecule has 0 atom stereocenters. The summed E-state index contributed by atoms with van der Waals surface area (Å²) >= 11 is 1.61. The Balaban J connectivity index is 2.43. The average molecular weight is 211 g/mol. The van der Waals surface area contributed by atoms with Gasteiger partial charge in [-0.1, -0.05) is 6.58 Å². The first-order chi connectivity index (χ1) is 6.76. The number of hydrogen-bond acceptors (Lipinski definition) is 3. The van der Waals surface area contributed by atoms with Crippen LogP contribution in [0.3, 0.4) is 0 Å². The molecular formula is C10H13NO2S. The Labute approximate surface area is 87.4 Å². The first-order valence-corrected chi connectivity index (χ1v) is 5.09. The van der Waals surface area contributed by atoms with Crippen molar-refractivity contribution in [2.45, 2.75) is 13.2 Å². The van der Waals surface area contributed by atoms with E-state index in [2.05, 4.69) is 11.9 Å². The van der Waals surface area contributed by atoms with E-state index in [-0.39, 0.29) is 5.91 Å². The SMILES string of the molecule is C=CC(=O)NCc1cc(COC)cs1. The molecule has 3 nitrogen and oxygen atoms in total. The van der Waals surface area contributed by atoms with E-state index in [0.717, 1.165) is 10.4 Å². The van der Waals surface area contributed by atoms with Gasteiger partial charge in [0, 0.05) is 12.0 Å². The lowest BCUT2D eigenvalue weighted by Gasteiger charge is -1.97. The Morgan fingerprint density at radius 1 is 1.79 bits per heavy atom. The van der Waals surface area contributed by atoms with E-state index in [4.69, 9.17) is 4.74 Å². The summed E-state index contributed by atoms with van der Waals surface area (Å²) in [5.74, 6) is -0.147. The highest BCUT2D eigenvalue weighted by molar-refractivity contribution is 7.10. The van der Waals surface area contributed by atoms with Crippen LogP contribution in [0, 0.1) is 0 Å². The van der Waals surface area contributed by atoms with Crippen LogP contribution in [0.15, 0.2) is 24.1 Å². The Kier molecular flexibility index (Phi) is 4.35. The zero-order valence-corrected chi connectivity index (χ0v) is 8.89. The van der Waals surface area contributed by atoms with Gasteiger partial charge < -0.3 is 10.1 Å². The highest BCUT2D eigenvalue weighted by Gasteiger charge is 2.00. The van der Waals surface area contributed by atoms with Crippen LogP contribution >= 0.6 is 11.3 Å². The molecule has 0 spiro atoms. The first-order valence-electron chi connectivity index (χ1n) is 4.21. The van der Waals surface area contributed by atoms with Gasteiger partial charge in [0.15, 0.2) is 0 Å². The number of nitrogens with one attached hydrogen (secondary N) is 1. The molecule has 4 heteroatoms. The van der Waals surface area contributed by atoms with Crippen molar-refractivity contribution >= 4 is 17.2 Å². The monoisotopic (exact) mass is 211 g/mol. The van der Waals surface area contributed by atoms with Gasteiger partial charge in [-0.05, 0) is 23.1 Å². The minimum atomic E-state index is -0.147. The molecule has 0 unspecified atom stereocenters. The fraction of sp³-hybridized carbons (Fsp3) is 0.300. The second-order valence-corrected chi connectivity index (χ2v) is 3.77. The molecule has 0 radical (unpaired) electrons. The summed E-state index contributed by atoms with van der Waals surface area (Å²) in [5.41, 5.74) is 1.14. The summed E-state index contributed by atoms with van der Waals surface area (Å²) in [4.78, 5) is 12.0. The van der Waals surface area contributed by atoms with Crippen LogP contribution in [0.2, 0.25) is 0 Å². The van der Waals surface area contributed by atoms with E-state index in [0.29, 0.717) is 13.2 Å². The third-order valence-electron chi connectivity index (χ3n) is 1.64. The quantitative estimate of drug-likeness (QED) is 0.753. The molecule has 0 fully saturated rings. The Bertz CT molecular complexity index is 320. The minimum absolute atomic E-state index is 0.147. The van der Waals surface area contributed by atoms with Crippen molar-refractivity contribution < 1.29 is 9.53 Å². The number of amides is 1. The van der Waals surface area contributed by atoms with E-state index >= 15 is 0 Å². The fourth-order valence-corrected chi connectivity index (χ4v) is 1.82. The van der Waals surface area contributed by atoms with Crippen molar-refractivity contribution in [1.29, 1.82) is 0 Å². The summed E-state index contributed by atoms with van der Waals surface area (Å²) in [6, 6.07) is 2.03. The number of carbonyl (C=O) groups excluding carboxylic acids is 1. The van der Waals surface area contributed by atoms with Gasteiger partial charge in [-0.2, -0.15) is 0 Å². The lowest BCUT2D eigenvalue weighted by atomic mass is 10.3. The van der Waals surface area contributed by atoms with Crippen molar-refractivity contribution in [1.82, 2.24) is 5.32 Å². The lowest BCUT2D eigenvalue weighted by molar-refractivity contribution is -0.116. The molecule has 0 aromatic carbocycles. The topological polar surface area (TPSA) is 38.3 Å². The predicted octanol–water partition coefficient (Wildman–Crippen LogP) is 1.70. The van der Waals surface area contributed by atoms with Crippen LogP contribution in [-0.2, 0) is 22.7 Å². The van der Waals surface area contributed by atoms with Crippen molar-refractivity contribution in [3.05, 3.63) is 34.5 Å². The van der Waals surface area contributed by atoms with Crippen LogP contribution in [0.4, 0.5) is 0 Å². The van der Waals surface area contributed by atoms with Crippen molar-refractivity contribution in [2.75, 3.05) is 7.11 Å². The molecule has 0 aliphatic carbocycles. The molecule has 1 amide bonds. The standard InChI is InChI=1S/C10H13NO2S/c1-3-10(12)11-5-9-4-8(6-13-2)7-14-9/h3-4,7H,1,5-6H2,2H3,(H,11,12). The van der Waals surface area contributed by atoms with Crippen LogP contribution in [0.25, 0.3) is 0 Å². The van der Waals surface area contributed by atoms with E-state index in [1.807, 2.05) is 11.4 Å². The summed E-state index contributed by atoms with van der Waals surface area (Å²) in [5, 5.41) is 4.74. The van der Waals surface area contributed by atoms with Crippen LogP contribution in [0.1, 0.15) is 10.4 Å². The van der Waals surface area contributed by atoms with Crippen LogP contribution in [-0.4, -0.2) is 13.0 Å². The first kappa shape index (κ1) is 10.9. The van der Waals surface area contributed by atoms with Gasteiger partial charge in [-0.25, -0.2) is 0 Å². The second-order valence-electron chi connectivity index (χ2n) is 2.78. The van der Waals surface area contributed by atoms with E-state index in [1.165, 1.54) is 6.08 Å². The molecule has 0 saturated heterocycles.